The minimum absolute atomic E-state index is 0.0760. The molecule has 1 fully saturated rings. The van der Waals surface area contributed by atoms with Crippen LogP contribution in [-0.4, -0.2) is 53.0 Å². The van der Waals surface area contributed by atoms with Crippen molar-refractivity contribution in [1.29, 1.82) is 0 Å². The number of ether oxygens (including phenoxy) is 1. The van der Waals surface area contributed by atoms with E-state index in [1.807, 2.05) is 0 Å². The Kier molecular flexibility index (Phi) is 5.40. The van der Waals surface area contributed by atoms with E-state index in [0.29, 0.717) is 11.1 Å². The summed E-state index contributed by atoms with van der Waals surface area (Å²) >= 11 is 3.20. The molecule has 2 aliphatic rings. The highest BCUT2D eigenvalue weighted by atomic mass is 79.9. The van der Waals surface area contributed by atoms with E-state index >= 15 is 0 Å². The fourth-order valence-corrected chi connectivity index (χ4v) is 3.95. The van der Waals surface area contributed by atoms with E-state index in [9.17, 15) is 24.3 Å². The van der Waals surface area contributed by atoms with Crippen molar-refractivity contribution in [2.24, 2.45) is 0 Å². The number of fused-ring (bicyclic) bond motifs is 1. The molecule has 1 atom stereocenters. The molecular formula is C21H17BrN2O6. The fraction of sp³-hybridized carbons (Fsp3) is 0.238. The van der Waals surface area contributed by atoms with E-state index in [2.05, 4.69) is 21.2 Å². The molecular weight excluding hydrogens is 456 g/mol. The van der Waals surface area contributed by atoms with Gasteiger partial charge in [0.1, 0.15) is 0 Å². The molecule has 0 saturated carbocycles. The molecule has 2 N–H and O–H groups in total. The van der Waals surface area contributed by atoms with Gasteiger partial charge in [-0.1, -0.05) is 15.9 Å². The van der Waals surface area contributed by atoms with Gasteiger partial charge in [-0.2, -0.15) is 0 Å². The van der Waals surface area contributed by atoms with Crippen molar-refractivity contribution < 1.29 is 29.0 Å². The van der Waals surface area contributed by atoms with Crippen molar-refractivity contribution in [2.75, 3.05) is 18.5 Å². The summed E-state index contributed by atoms with van der Waals surface area (Å²) < 4.78 is 6.08. The second kappa shape index (κ2) is 8.00. The van der Waals surface area contributed by atoms with Crippen molar-refractivity contribution in [1.82, 2.24) is 4.90 Å². The molecule has 8 nitrogen and oxygen atoms in total. The first-order valence-corrected chi connectivity index (χ1v) is 10.1. The Bertz CT molecular complexity index is 1080. The smallest absolute Gasteiger partial charge is 0.337 e. The van der Waals surface area contributed by atoms with Crippen LogP contribution in [0.25, 0.3) is 0 Å². The largest absolute Gasteiger partial charge is 0.478 e. The monoisotopic (exact) mass is 472 g/mol. The summed E-state index contributed by atoms with van der Waals surface area (Å²) in [6, 6.07) is 8.70. The Hall–Kier alpha value is -3.04. The van der Waals surface area contributed by atoms with Crippen molar-refractivity contribution in [2.45, 2.75) is 18.9 Å². The zero-order chi connectivity index (χ0) is 21.4. The summed E-state index contributed by atoms with van der Waals surface area (Å²) in [6.45, 7) is 0.807. The number of anilines is 1. The number of rotatable bonds is 5. The molecule has 2 heterocycles. The topological polar surface area (TPSA) is 113 Å². The minimum Gasteiger partial charge on any atom is -0.478 e. The van der Waals surface area contributed by atoms with Gasteiger partial charge in [0, 0.05) is 16.6 Å². The molecule has 2 aromatic carbocycles. The van der Waals surface area contributed by atoms with Crippen molar-refractivity contribution >= 4 is 45.3 Å². The van der Waals surface area contributed by atoms with Gasteiger partial charge in [0.05, 0.1) is 35.0 Å². The summed E-state index contributed by atoms with van der Waals surface area (Å²) in [5, 5.41) is 11.9. The Labute approximate surface area is 179 Å². The predicted octanol–water partition coefficient (Wildman–Crippen LogP) is 3.17. The molecule has 0 spiro atoms. The van der Waals surface area contributed by atoms with Crippen LogP contribution in [0.4, 0.5) is 5.69 Å². The Morgan fingerprint density at radius 3 is 2.60 bits per heavy atom. The van der Waals surface area contributed by atoms with Gasteiger partial charge in [0.15, 0.2) is 0 Å². The molecule has 0 aliphatic carbocycles. The zero-order valence-corrected chi connectivity index (χ0v) is 17.3. The van der Waals surface area contributed by atoms with Crippen molar-refractivity contribution in [3.63, 3.8) is 0 Å². The highest BCUT2D eigenvalue weighted by Gasteiger charge is 2.38. The highest BCUT2D eigenvalue weighted by molar-refractivity contribution is 9.10. The summed E-state index contributed by atoms with van der Waals surface area (Å²) in [6.07, 6.45) is 1.52. The molecule has 3 amide bonds. The maximum absolute atomic E-state index is 12.7. The van der Waals surface area contributed by atoms with Gasteiger partial charge < -0.3 is 15.2 Å². The highest BCUT2D eigenvalue weighted by Crippen LogP contribution is 2.27. The number of carboxylic acid groups (broad SMARTS) is 1. The molecule has 0 unspecified atom stereocenters. The van der Waals surface area contributed by atoms with Crippen LogP contribution in [-0.2, 0) is 4.74 Å². The average molecular weight is 473 g/mol. The first-order chi connectivity index (χ1) is 14.3. The molecule has 30 heavy (non-hydrogen) atoms. The number of aromatic carboxylic acids is 1. The molecule has 2 aromatic rings. The minimum atomic E-state index is -1.19. The molecule has 0 radical (unpaired) electrons. The molecule has 0 aromatic heterocycles. The van der Waals surface area contributed by atoms with Crippen LogP contribution >= 0.6 is 15.9 Å². The van der Waals surface area contributed by atoms with E-state index in [1.54, 1.807) is 6.07 Å². The maximum atomic E-state index is 12.7. The second-order valence-electron chi connectivity index (χ2n) is 7.07. The maximum Gasteiger partial charge on any atom is 0.337 e. The van der Waals surface area contributed by atoms with Gasteiger partial charge in [0.2, 0.25) is 0 Å². The Morgan fingerprint density at radius 2 is 1.90 bits per heavy atom. The van der Waals surface area contributed by atoms with Gasteiger partial charge in [0.25, 0.3) is 17.7 Å². The second-order valence-corrected chi connectivity index (χ2v) is 7.98. The molecule has 0 bridgehead atoms. The quantitative estimate of drug-likeness (QED) is 0.646. The number of nitrogens with zero attached hydrogens (tertiary/aromatic N) is 1. The van der Waals surface area contributed by atoms with E-state index in [0.717, 1.165) is 17.7 Å². The number of halogens is 1. The number of hydrogen-bond acceptors (Lipinski definition) is 5. The summed E-state index contributed by atoms with van der Waals surface area (Å²) in [5.74, 6) is -2.64. The number of nitrogens with one attached hydrogen (secondary N) is 1. The van der Waals surface area contributed by atoms with Gasteiger partial charge in [-0.15, -0.1) is 0 Å². The lowest BCUT2D eigenvalue weighted by molar-refractivity contribution is 0.0475. The number of imide groups is 1. The molecule has 154 valence electrons. The molecule has 1 saturated heterocycles. The molecule has 4 rings (SSSR count). The van der Waals surface area contributed by atoms with E-state index in [-0.39, 0.29) is 40.6 Å². The number of carbonyl (C=O) groups is 4. The average Bonchev–Trinajstić information content (AvgIpc) is 3.32. The van der Waals surface area contributed by atoms with Crippen LogP contribution in [0.2, 0.25) is 0 Å². The SMILES string of the molecule is O=C(Nc1ccc(Br)cc1C(=O)O)c1ccc2c(c1)C(=O)N(C[C@@H]1CCCO1)C2=O. The summed E-state index contributed by atoms with van der Waals surface area (Å²) in [4.78, 5) is 50.6. The molecule has 9 heteroatoms. The van der Waals surface area contributed by atoms with Crippen LogP contribution in [0.1, 0.15) is 54.3 Å². The third-order valence-corrected chi connectivity index (χ3v) is 5.60. The van der Waals surface area contributed by atoms with E-state index in [4.69, 9.17) is 4.74 Å². The summed E-state index contributed by atoms with van der Waals surface area (Å²) in [5.41, 5.74) is 0.587. The number of hydrogen-bond donors (Lipinski definition) is 2. The number of carbonyl (C=O) groups excluding carboxylic acids is 3. The first kappa shape index (κ1) is 20.2. The van der Waals surface area contributed by atoms with E-state index < -0.39 is 23.7 Å². The van der Waals surface area contributed by atoms with Crippen LogP contribution in [0, 0.1) is 0 Å². The lowest BCUT2D eigenvalue weighted by Gasteiger charge is -2.17. The van der Waals surface area contributed by atoms with Gasteiger partial charge in [-0.05, 0) is 49.2 Å². The number of carboxylic acids is 1. The summed E-state index contributed by atoms with van der Waals surface area (Å²) in [7, 11) is 0. The van der Waals surface area contributed by atoms with Crippen LogP contribution in [0.3, 0.4) is 0 Å². The van der Waals surface area contributed by atoms with Crippen molar-refractivity contribution in [3.05, 3.63) is 63.1 Å². The van der Waals surface area contributed by atoms with Gasteiger partial charge in [-0.25, -0.2) is 4.79 Å². The third kappa shape index (κ3) is 3.73. The Morgan fingerprint density at radius 1 is 1.13 bits per heavy atom. The fourth-order valence-electron chi connectivity index (χ4n) is 3.59. The predicted molar refractivity (Wildman–Crippen MR) is 110 cm³/mol. The number of benzene rings is 2. The Balaban J connectivity index is 1.56. The standard InChI is InChI=1S/C21H17BrN2O6/c22-12-4-6-17(16(9-12)21(28)29)23-18(25)11-3-5-14-15(8-11)20(27)24(19(14)26)10-13-2-1-7-30-13/h3-6,8-9,13H,1-2,7,10H2,(H,23,25)(H,28,29)/t13-/m0/s1. The molecule has 2 aliphatic heterocycles. The lowest BCUT2D eigenvalue weighted by atomic mass is 10.0. The third-order valence-electron chi connectivity index (χ3n) is 5.10. The van der Waals surface area contributed by atoms with Gasteiger partial charge in [-0.3, -0.25) is 19.3 Å². The number of amides is 3. The van der Waals surface area contributed by atoms with Crippen LogP contribution in [0.15, 0.2) is 40.9 Å². The van der Waals surface area contributed by atoms with Crippen LogP contribution in [0.5, 0.6) is 0 Å². The van der Waals surface area contributed by atoms with E-state index in [1.165, 1.54) is 30.3 Å². The normalized spacial score (nSPS) is 17.9. The first-order valence-electron chi connectivity index (χ1n) is 9.31. The van der Waals surface area contributed by atoms with Gasteiger partial charge >= 0.3 is 5.97 Å². The lowest BCUT2D eigenvalue weighted by Crippen LogP contribution is -2.36. The van der Waals surface area contributed by atoms with Crippen molar-refractivity contribution in [3.8, 4) is 0 Å². The zero-order valence-electron chi connectivity index (χ0n) is 15.7. The van der Waals surface area contributed by atoms with Crippen LogP contribution < -0.4 is 5.32 Å².